The van der Waals surface area contributed by atoms with Crippen LogP contribution in [0.1, 0.15) is 0 Å². The molecule has 0 spiro atoms. The zero-order valence-electron chi connectivity index (χ0n) is 20.1. The molecule has 0 bridgehead atoms. The second-order valence-corrected chi connectivity index (χ2v) is 9.03. The summed E-state index contributed by atoms with van der Waals surface area (Å²) in [7, 11) is 0. The highest BCUT2D eigenvalue weighted by Gasteiger charge is 2.45. The Labute approximate surface area is 214 Å². The summed E-state index contributed by atoms with van der Waals surface area (Å²) in [6, 6.07) is 27.2. The van der Waals surface area contributed by atoms with Crippen molar-refractivity contribution in [3.05, 3.63) is 84.9 Å². The fourth-order valence-electron chi connectivity index (χ4n) is 4.50. The fraction of sp³-hybridized carbons (Fsp3) is 0.310. The van der Waals surface area contributed by atoms with Gasteiger partial charge in [-0.15, -0.1) is 0 Å². The van der Waals surface area contributed by atoms with Gasteiger partial charge in [-0.25, -0.2) is 0 Å². The van der Waals surface area contributed by atoms with Gasteiger partial charge in [-0.1, -0.05) is 72.8 Å². The highest BCUT2D eigenvalue weighted by Crippen LogP contribution is 2.28. The van der Waals surface area contributed by atoms with Crippen molar-refractivity contribution in [3.8, 4) is 11.5 Å². The van der Waals surface area contributed by atoms with Crippen LogP contribution < -0.4 is 9.47 Å². The number of hydrogen-bond donors (Lipinski definition) is 4. The molecule has 4 aromatic carbocycles. The Hall–Kier alpha value is -3.24. The largest absolute Gasteiger partial charge is 0.490 e. The summed E-state index contributed by atoms with van der Waals surface area (Å²) in [5.41, 5.74) is 0. The van der Waals surface area contributed by atoms with Crippen LogP contribution in [0.25, 0.3) is 21.5 Å². The van der Waals surface area contributed by atoms with Gasteiger partial charge in [0.2, 0.25) is 0 Å². The van der Waals surface area contributed by atoms with Gasteiger partial charge in [0, 0.05) is 10.8 Å². The summed E-state index contributed by atoms with van der Waals surface area (Å²) in [6.45, 7) is -0.448. The second-order valence-electron chi connectivity index (χ2n) is 9.03. The van der Waals surface area contributed by atoms with Gasteiger partial charge in [-0.3, -0.25) is 0 Å². The monoisotopic (exact) mass is 506 g/mol. The minimum Gasteiger partial charge on any atom is -0.490 e. The third-order valence-corrected chi connectivity index (χ3v) is 6.52. The Bertz CT molecular complexity index is 1230. The maximum absolute atomic E-state index is 10.5. The molecule has 1 fully saturated rings. The quantitative estimate of drug-likeness (QED) is 0.274. The van der Waals surface area contributed by atoms with Gasteiger partial charge < -0.3 is 39.4 Å². The first kappa shape index (κ1) is 25.4. The van der Waals surface area contributed by atoms with Crippen molar-refractivity contribution in [1.82, 2.24) is 0 Å². The summed E-state index contributed by atoms with van der Waals surface area (Å²) in [6.07, 6.45) is -7.68. The van der Waals surface area contributed by atoms with Crippen LogP contribution in [0, 0.1) is 0 Å². The molecule has 194 valence electrons. The Morgan fingerprint density at radius 2 is 1.16 bits per heavy atom. The van der Waals surface area contributed by atoms with Crippen LogP contribution in [0.4, 0.5) is 0 Å². The van der Waals surface area contributed by atoms with Crippen molar-refractivity contribution < 1.29 is 39.4 Å². The second kappa shape index (κ2) is 11.4. The summed E-state index contributed by atoms with van der Waals surface area (Å²) in [5.74, 6) is 1.32. The minimum absolute atomic E-state index is 0.0494. The molecule has 5 rings (SSSR count). The Balaban J connectivity index is 1.36. The molecule has 5 atom stereocenters. The van der Waals surface area contributed by atoms with Crippen LogP contribution in [-0.4, -0.2) is 77.1 Å². The summed E-state index contributed by atoms with van der Waals surface area (Å²) >= 11 is 0. The van der Waals surface area contributed by atoms with Crippen LogP contribution in [0.2, 0.25) is 0 Å². The van der Waals surface area contributed by atoms with Gasteiger partial charge >= 0.3 is 0 Å². The zero-order chi connectivity index (χ0) is 25.8. The van der Waals surface area contributed by atoms with Crippen molar-refractivity contribution in [3.63, 3.8) is 0 Å². The first-order chi connectivity index (χ1) is 18.0. The van der Waals surface area contributed by atoms with E-state index in [-0.39, 0.29) is 13.2 Å². The van der Waals surface area contributed by atoms with E-state index < -0.39 is 43.4 Å². The molecule has 0 radical (unpaired) electrons. The topological polar surface area (TPSA) is 118 Å². The van der Waals surface area contributed by atoms with Crippen LogP contribution >= 0.6 is 0 Å². The zero-order valence-corrected chi connectivity index (χ0v) is 20.1. The Kier molecular flexibility index (Phi) is 7.85. The first-order valence-electron chi connectivity index (χ1n) is 12.2. The number of aliphatic hydroxyl groups excluding tert-OH is 4. The van der Waals surface area contributed by atoms with Crippen LogP contribution in [0.3, 0.4) is 0 Å². The van der Waals surface area contributed by atoms with E-state index in [1.807, 2.05) is 84.9 Å². The summed E-state index contributed by atoms with van der Waals surface area (Å²) < 4.78 is 23.8. The Morgan fingerprint density at radius 3 is 1.70 bits per heavy atom. The molecule has 0 unspecified atom stereocenters. The van der Waals surface area contributed by atoms with E-state index in [1.165, 1.54) is 0 Å². The van der Waals surface area contributed by atoms with Gasteiger partial charge in [-0.2, -0.15) is 0 Å². The SMILES string of the molecule is OC[C@H]1O[C@H](OC(COc2cccc3ccccc23)COc2cccc3ccccc23)[C@@H](O)[C@@H](O)[C@@H]1O. The molecule has 1 heterocycles. The maximum atomic E-state index is 10.5. The smallest absolute Gasteiger partial charge is 0.187 e. The highest BCUT2D eigenvalue weighted by molar-refractivity contribution is 5.88. The van der Waals surface area contributed by atoms with Crippen LogP contribution in [0.15, 0.2) is 84.9 Å². The lowest BCUT2D eigenvalue weighted by molar-refractivity contribution is -0.314. The number of benzene rings is 4. The highest BCUT2D eigenvalue weighted by atomic mass is 16.7. The number of aliphatic hydroxyl groups is 4. The number of hydrogen-bond acceptors (Lipinski definition) is 8. The molecule has 37 heavy (non-hydrogen) atoms. The predicted molar refractivity (Wildman–Crippen MR) is 138 cm³/mol. The van der Waals surface area contributed by atoms with Crippen LogP contribution in [0.5, 0.6) is 11.5 Å². The summed E-state index contributed by atoms with van der Waals surface area (Å²) in [5, 5.41) is 44.3. The molecule has 4 N–H and O–H groups in total. The molecule has 0 aliphatic carbocycles. The molecule has 0 saturated carbocycles. The Morgan fingerprint density at radius 1 is 0.649 bits per heavy atom. The standard InChI is InChI=1S/C29H30O8/c30-15-25-26(31)27(32)28(33)29(37-25)36-20(16-34-23-13-5-9-18-7-1-3-11-21(18)23)17-35-24-14-6-10-19-8-2-4-12-22(19)24/h1-14,20,25-33H,15-17H2/t25-,26-,27+,28+,29+/m1/s1. The average Bonchev–Trinajstić information content (AvgIpc) is 2.94. The molecule has 0 amide bonds. The van der Waals surface area contributed by atoms with Crippen molar-refractivity contribution in [2.75, 3.05) is 19.8 Å². The van der Waals surface area contributed by atoms with E-state index in [0.717, 1.165) is 21.5 Å². The van der Waals surface area contributed by atoms with Gasteiger partial charge in [0.15, 0.2) is 6.29 Å². The lowest BCUT2D eigenvalue weighted by Crippen LogP contribution is -2.60. The molecule has 8 nitrogen and oxygen atoms in total. The van der Waals surface area contributed by atoms with Crippen LogP contribution in [-0.2, 0) is 9.47 Å². The van der Waals surface area contributed by atoms with Gasteiger partial charge in [0.1, 0.15) is 55.2 Å². The minimum atomic E-state index is -1.55. The van der Waals surface area contributed by atoms with E-state index in [1.54, 1.807) is 0 Å². The fourth-order valence-corrected chi connectivity index (χ4v) is 4.50. The molecule has 1 aliphatic heterocycles. The third-order valence-electron chi connectivity index (χ3n) is 6.52. The molecule has 0 aromatic heterocycles. The van der Waals surface area contributed by atoms with Gasteiger partial charge in [0.25, 0.3) is 0 Å². The van der Waals surface area contributed by atoms with Crippen molar-refractivity contribution >= 4 is 21.5 Å². The first-order valence-corrected chi connectivity index (χ1v) is 12.2. The number of ether oxygens (including phenoxy) is 4. The van der Waals surface area contributed by atoms with Gasteiger partial charge in [0.05, 0.1) is 6.61 Å². The summed E-state index contributed by atoms with van der Waals surface area (Å²) in [4.78, 5) is 0. The normalized spacial score (nSPS) is 24.0. The van der Waals surface area contributed by atoms with Gasteiger partial charge in [-0.05, 0) is 22.9 Å². The molecule has 8 heteroatoms. The number of fused-ring (bicyclic) bond motifs is 2. The van der Waals surface area contributed by atoms with E-state index in [9.17, 15) is 20.4 Å². The molecule has 4 aromatic rings. The van der Waals surface area contributed by atoms with E-state index in [0.29, 0.717) is 11.5 Å². The lowest BCUT2D eigenvalue weighted by Gasteiger charge is -2.40. The average molecular weight is 507 g/mol. The van der Waals surface area contributed by atoms with E-state index in [4.69, 9.17) is 18.9 Å². The number of rotatable bonds is 9. The third kappa shape index (κ3) is 5.55. The molecular weight excluding hydrogens is 476 g/mol. The van der Waals surface area contributed by atoms with E-state index in [2.05, 4.69) is 0 Å². The predicted octanol–water partition coefficient (Wildman–Crippen LogP) is 2.64. The van der Waals surface area contributed by atoms with E-state index >= 15 is 0 Å². The molecule has 1 saturated heterocycles. The van der Waals surface area contributed by atoms with Crippen molar-refractivity contribution in [2.24, 2.45) is 0 Å². The van der Waals surface area contributed by atoms with Crippen molar-refractivity contribution in [1.29, 1.82) is 0 Å². The van der Waals surface area contributed by atoms with Crippen molar-refractivity contribution in [2.45, 2.75) is 36.8 Å². The molecule has 1 aliphatic rings. The maximum Gasteiger partial charge on any atom is 0.187 e. The lowest BCUT2D eigenvalue weighted by atomic mass is 9.99. The molecular formula is C29H30O8.